The lowest BCUT2D eigenvalue weighted by Crippen LogP contribution is -2.02. The van der Waals surface area contributed by atoms with Crippen LogP contribution in [-0.2, 0) is 5.75 Å². The molecule has 0 heterocycles. The van der Waals surface area contributed by atoms with Gasteiger partial charge < -0.3 is 5.11 Å². The standard InChI is InChI=1S/C11H13NOS/c1-9(7-13)14-8-11-4-2-10(6-12)3-5-11/h2-5,9,13H,7-8H2,1H3/t9-/m0/s1. The third-order valence-corrected chi connectivity index (χ3v) is 3.09. The van der Waals surface area contributed by atoms with E-state index in [0.717, 1.165) is 5.75 Å². The molecule has 0 saturated carbocycles. The Morgan fingerprint density at radius 3 is 2.57 bits per heavy atom. The largest absolute Gasteiger partial charge is 0.395 e. The van der Waals surface area contributed by atoms with Crippen molar-refractivity contribution >= 4 is 11.8 Å². The summed E-state index contributed by atoms with van der Waals surface area (Å²) >= 11 is 1.71. The lowest BCUT2D eigenvalue weighted by molar-refractivity contribution is 0.300. The molecule has 0 saturated heterocycles. The molecule has 0 fully saturated rings. The third-order valence-electron chi connectivity index (χ3n) is 1.87. The average Bonchev–Trinajstić information content (AvgIpc) is 2.26. The molecule has 0 aliphatic carbocycles. The van der Waals surface area contributed by atoms with Crippen LogP contribution in [0.2, 0.25) is 0 Å². The summed E-state index contributed by atoms with van der Waals surface area (Å²) in [4.78, 5) is 0. The van der Waals surface area contributed by atoms with E-state index in [9.17, 15) is 0 Å². The maximum atomic E-state index is 8.83. The maximum Gasteiger partial charge on any atom is 0.0991 e. The summed E-state index contributed by atoms with van der Waals surface area (Å²) in [6.07, 6.45) is 0. The van der Waals surface area contributed by atoms with Crippen LogP contribution in [0.1, 0.15) is 18.1 Å². The predicted octanol–water partition coefficient (Wildman–Crippen LogP) is 2.17. The number of aliphatic hydroxyl groups excluding tert-OH is 1. The van der Waals surface area contributed by atoms with E-state index in [1.165, 1.54) is 5.56 Å². The van der Waals surface area contributed by atoms with Gasteiger partial charge in [-0.15, -0.1) is 0 Å². The van der Waals surface area contributed by atoms with Gasteiger partial charge in [-0.2, -0.15) is 17.0 Å². The first-order valence-corrected chi connectivity index (χ1v) is 5.52. The summed E-state index contributed by atoms with van der Waals surface area (Å²) in [7, 11) is 0. The molecule has 0 bridgehead atoms. The highest BCUT2D eigenvalue weighted by molar-refractivity contribution is 7.99. The highest BCUT2D eigenvalue weighted by atomic mass is 32.2. The molecule has 1 aromatic rings. The molecule has 0 spiro atoms. The Hall–Kier alpha value is -0.980. The van der Waals surface area contributed by atoms with Gasteiger partial charge in [0.15, 0.2) is 0 Å². The Morgan fingerprint density at radius 2 is 2.07 bits per heavy atom. The molecule has 0 amide bonds. The molecule has 0 unspecified atom stereocenters. The number of nitrogens with zero attached hydrogens (tertiary/aromatic N) is 1. The second-order valence-corrected chi connectivity index (χ2v) is 4.54. The van der Waals surface area contributed by atoms with E-state index < -0.39 is 0 Å². The molecular formula is C11H13NOS. The molecular weight excluding hydrogens is 194 g/mol. The maximum absolute atomic E-state index is 8.83. The van der Waals surface area contributed by atoms with Crippen molar-refractivity contribution in [3.8, 4) is 6.07 Å². The Morgan fingerprint density at radius 1 is 1.43 bits per heavy atom. The van der Waals surface area contributed by atoms with Crippen molar-refractivity contribution in [1.82, 2.24) is 0 Å². The predicted molar refractivity (Wildman–Crippen MR) is 59.0 cm³/mol. The first-order chi connectivity index (χ1) is 6.76. The van der Waals surface area contributed by atoms with Gasteiger partial charge in [0.1, 0.15) is 0 Å². The van der Waals surface area contributed by atoms with Gasteiger partial charge in [-0.3, -0.25) is 0 Å². The zero-order chi connectivity index (χ0) is 10.4. The number of aliphatic hydroxyl groups is 1. The van der Waals surface area contributed by atoms with Gasteiger partial charge in [0.2, 0.25) is 0 Å². The molecule has 0 aliphatic heterocycles. The molecule has 2 nitrogen and oxygen atoms in total. The van der Waals surface area contributed by atoms with Crippen LogP contribution in [-0.4, -0.2) is 17.0 Å². The van der Waals surface area contributed by atoms with Gasteiger partial charge in [0.05, 0.1) is 18.2 Å². The molecule has 14 heavy (non-hydrogen) atoms. The van der Waals surface area contributed by atoms with E-state index in [1.54, 1.807) is 11.8 Å². The van der Waals surface area contributed by atoms with Crippen molar-refractivity contribution in [2.45, 2.75) is 17.9 Å². The third kappa shape index (κ3) is 3.41. The average molecular weight is 207 g/mol. The summed E-state index contributed by atoms with van der Waals surface area (Å²) in [6, 6.07) is 9.63. The van der Waals surface area contributed by atoms with Crippen LogP contribution in [0.15, 0.2) is 24.3 Å². The van der Waals surface area contributed by atoms with Crippen LogP contribution in [0.3, 0.4) is 0 Å². The van der Waals surface area contributed by atoms with E-state index in [0.29, 0.717) is 5.56 Å². The van der Waals surface area contributed by atoms with Crippen molar-refractivity contribution in [3.05, 3.63) is 35.4 Å². The molecule has 1 rings (SSSR count). The fourth-order valence-electron chi connectivity index (χ4n) is 0.967. The topological polar surface area (TPSA) is 44.0 Å². The van der Waals surface area contributed by atoms with Gasteiger partial charge in [0, 0.05) is 11.0 Å². The zero-order valence-electron chi connectivity index (χ0n) is 8.10. The number of nitriles is 1. The van der Waals surface area contributed by atoms with E-state index in [1.807, 2.05) is 31.2 Å². The monoisotopic (exact) mass is 207 g/mol. The fourth-order valence-corrected chi connectivity index (χ4v) is 1.74. The summed E-state index contributed by atoms with van der Waals surface area (Å²) in [5, 5.41) is 17.7. The quantitative estimate of drug-likeness (QED) is 0.823. The Bertz CT molecular complexity index is 315. The van der Waals surface area contributed by atoms with E-state index in [-0.39, 0.29) is 11.9 Å². The second-order valence-electron chi connectivity index (χ2n) is 3.11. The van der Waals surface area contributed by atoms with Crippen LogP contribution in [0, 0.1) is 11.3 Å². The molecule has 1 aromatic carbocycles. The van der Waals surface area contributed by atoms with Crippen molar-refractivity contribution in [1.29, 1.82) is 5.26 Å². The number of rotatable bonds is 4. The number of thioether (sulfide) groups is 1. The minimum absolute atomic E-state index is 0.209. The Balaban J connectivity index is 2.49. The Labute approximate surface area is 88.6 Å². The smallest absolute Gasteiger partial charge is 0.0991 e. The van der Waals surface area contributed by atoms with Crippen LogP contribution < -0.4 is 0 Å². The molecule has 1 atom stereocenters. The zero-order valence-corrected chi connectivity index (χ0v) is 8.92. The lowest BCUT2D eigenvalue weighted by Gasteiger charge is -2.06. The van der Waals surface area contributed by atoms with Crippen molar-refractivity contribution in [2.24, 2.45) is 0 Å². The van der Waals surface area contributed by atoms with Crippen molar-refractivity contribution in [3.63, 3.8) is 0 Å². The number of benzene rings is 1. The van der Waals surface area contributed by atoms with Gasteiger partial charge in [0.25, 0.3) is 0 Å². The van der Waals surface area contributed by atoms with Gasteiger partial charge in [-0.1, -0.05) is 19.1 Å². The summed E-state index contributed by atoms with van der Waals surface area (Å²) in [6.45, 7) is 2.20. The second kappa shape index (κ2) is 5.69. The number of hydrogen-bond donors (Lipinski definition) is 1. The van der Waals surface area contributed by atoms with Crippen LogP contribution in [0.5, 0.6) is 0 Å². The molecule has 0 aromatic heterocycles. The summed E-state index contributed by atoms with van der Waals surface area (Å²) in [5.74, 6) is 0.882. The van der Waals surface area contributed by atoms with E-state index in [2.05, 4.69) is 6.07 Å². The highest BCUT2D eigenvalue weighted by Gasteiger charge is 2.00. The SMILES string of the molecule is C[C@@H](CO)SCc1ccc(C#N)cc1. The van der Waals surface area contributed by atoms with Gasteiger partial charge in [-0.05, 0) is 17.7 Å². The van der Waals surface area contributed by atoms with Crippen LogP contribution in [0.25, 0.3) is 0 Å². The van der Waals surface area contributed by atoms with Crippen molar-refractivity contribution < 1.29 is 5.11 Å². The van der Waals surface area contributed by atoms with E-state index >= 15 is 0 Å². The summed E-state index contributed by atoms with van der Waals surface area (Å²) < 4.78 is 0. The molecule has 3 heteroatoms. The van der Waals surface area contributed by atoms with Gasteiger partial charge in [-0.25, -0.2) is 0 Å². The minimum Gasteiger partial charge on any atom is -0.395 e. The molecule has 74 valence electrons. The van der Waals surface area contributed by atoms with Crippen LogP contribution >= 0.6 is 11.8 Å². The van der Waals surface area contributed by atoms with Gasteiger partial charge >= 0.3 is 0 Å². The highest BCUT2D eigenvalue weighted by Crippen LogP contribution is 2.17. The van der Waals surface area contributed by atoms with E-state index in [4.69, 9.17) is 10.4 Å². The fraction of sp³-hybridized carbons (Fsp3) is 0.364. The molecule has 1 N–H and O–H groups in total. The first kappa shape index (κ1) is 11.1. The van der Waals surface area contributed by atoms with Crippen LogP contribution in [0.4, 0.5) is 0 Å². The number of hydrogen-bond acceptors (Lipinski definition) is 3. The first-order valence-electron chi connectivity index (χ1n) is 4.47. The Kier molecular flexibility index (Phi) is 4.51. The van der Waals surface area contributed by atoms with Crippen molar-refractivity contribution in [2.75, 3.05) is 6.61 Å². The molecule has 0 radical (unpaired) electrons. The minimum atomic E-state index is 0.209. The normalized spacial score (nSPS) is 12.1. The molecule has 0 aliphatic rings. The lowest BCUT2D eigenvalue weighted by atomic mass is 10.2. The summed E-state index contributed by atoms with van der Waals surface area (Å²) in [5.41, 5.74) is 1.88.